The first-order chi connectivity index (χ1) is 10.1. The van der Waals surface area contributed by atoms with Gasteiger partial charge in [0.05, 0.1) is 6.42 Å². The molecule has 1 fully saturated rings. The zero-order valence-electron chi connectivity index (χ0n) is 12.5. The Balaban J connectivity index is 1.94. The second-order valence-corrected chi connectivity index (χ2v) is 5.50. The second kappa shape index (κ2) is 7.43. The summed E-state index contributed by atoms with van der Waals surface area (Å²) in [5.41, 5.74) is 0.985. The number of hydrogen-bond acceptors (Lipinski definition) is 4. The molecular formula is C16H24N2O3. The number of benzene rings is 1. The van der Waals surface area contributed by atoms with Crippen LogP contribution in [0.2, 0.25) is 0 Å². The van der Waals surface area contributed by atoms with E-state index < -0.39 is 5.97 Å². The van der Waals surface area contributed by atoms with Gasteiger partial charge in [-0.3, -0.25) is 9.69 Å². The maximum absolute atomic E-state index is 10.6. The van der Waals surface area contributed by atoms with Gasteiger partial charge in [-0.1, -0.05) is 25.1 Å². The van der Waals surface area contributed by atoms with Crippen LogP contribution >= 0.6 is 0 Å². The molecule has 2 N–H and O–H groups in total. The molecule has 1 aliphatic heterocycles. The van der Waals surface area contributed by atoms with E-state index >= 15 is 0 Å². The number of aliphatic carboxylic acids is 1. The van der Waals surface area contributed by atoms with E-state index in [1.54, 1.807) is 6.07 Å². The van der Waals surface area contributed by atoms with Crippen LogP contribution in [0.4, 0.5) is 0 Å². The van der Waals surface area contributed by atoms with Gasteiger partial charge in [-0.15, -0.1) is 0 Å². The summed E-state index contributed by atoms with van der Waals surface area (Å²) in [6.45, 7) is 6.35. The Labute approximate surface area is 125 Å². The maximum atomic E-state index is 10.6. The summed E-state index contributed by atoms with van der Waals surface area (Å²) in [4.78, 5) is 15.2. The van der Waals surface area contributed by atoms with Crippen molar-refractivity contribution in [2.45, 2.75) is 25.8 Å². The van der Waals surface area contributed by atoms with Crippen LogP contribution in [0, 0.1) is 0 Å². The molecule has 5 nitrogen and oxygen atoms in total. The largest absolute Gasteiger partial charge is 0.508 e. The van der Waals surface area contributed by atoms with Crippen LogP contribution in [0.1, 0.15) is 31.4 Å². The highest BCUT2D eigenvalue weighted by molar-refractivity contribution is 5.66. The number of aromatic hydroxyl groups is 1. The smallest absolute Gasteiger partial charge is 0.304 e. The van der Waals surface area contributed by atoms with Crippen molar-refractivity contribution in [3.63, 3.8) is 0 Å². The third kappa shape index (κ3) is 4.19. The van der Waals surface area contributed by atoms with E-state index in [1.807, 2.05) is 18.2 Å². The average Bonchev–Trinajstić information content (AvgIpc) is 2.49. The summed E-state index contributed by atoms with van der Waals surface area (Å²) in [5.74, 6) is -0.379. The molecule has 1 heterocycles. The van der Waals surface area contributed by atoms with Gasteiger partial charge in [-0.25, -0.2) is 0 Å². The Morgan fingerprint density at radius 1 is 1.24 bits per heavy atom. The predicted molar refractivity (Wildman–Crippen MR) is 81.4 cm³/mol. The second-order valence-electron chi connectivity index (χ2n) is 5.50. The highest BCUT2D eigenvalue weighted by Gasteiger charge is 2.25. The standard InChI is InChI=1S/C16H24N2O3/c1-2-14(13-5-3-4-6-15(13)19)18-11-9-17(10-12-18)8-7-16(20)21/h3-6,14,19H,2,7-12H2,1H3,(H,20,21). The third-order valence-corrected chi connectivity index (χ3v) is 4.17. The molecule has 0 radical (unpaired) electrons. The van der Waals surface area contributed by atoms with E-state index in [0.29, 0.717) is 12.3 Å². The maximum Gasteiger partial charge on any atom is 0.304 e. The lowest BCUT2D eigenvalue weighted by Crippen LogP contribution is -2.47. The van der Waals surface area contributed by atoms with Crippen molar-refractivity contribution in [2.75, 3.05) is 32.7 Å². The molecule has 0 amide bonds. The van der Waals surface area contributed by atoms with Gasteiger partial charge in [-0.05, 0) is 12.5 Å². The number of carbonyl (C=O) groups is 1. The predicted octanol–water partition coefficient (Wildman–Crippen LogP) is 1.94. The fourth-order valence-corrected chi connectivity index (χ4v) is 3.00. The normalized spacial score (nSPS) is 18.5. The monoisotopic (exact) mass is 292 g/mol. The number of piperazine rings is 1. The molecule has 1 aromatic rings. The van der Waals surface area contributed by atoms with E-state index in [2.05, 4.69) is 16.7 Å². The molecule has 0 aromatic heterocycles. The molecule has 5 heteroatoms. The SMILES string of the molecule is CCC(c1ccccc1O)N1CCN(CCC(=O)O)CC1. The molecule has 116 valence electrons. The van der Waals surface area contributed by atoms with Crippen LogP contribution in [0.5, 0.6) is 5.75 Å². The Hall–Kier alpha value is -1.59. The molecule has 0 aliphatic carbocycles. The first-order valence-electron chi connectivity index (χ1n) is 7.58. The number of hydrogen-bond donors (Lipinski definition) is 2. The highest BCUT2D eigenvalue weighted by Crippen LogP contribution is 2.31. The first-order valence-corrected chi connectivity index (χ1v) is 7.58. The van der Waals surface area contributed by atoms with Crippen LogP contribution in [0.25, 0.3) is 0 Å². The van der Waals surface area contributed by atoms with Gasteiger partial charge < -0.3 is 15.1 Å². The lowest BCUT2D eigenvalue weighted by molar-refractivity contribution is -0.137. The molecule has 1 atom stereocenters. The minimum absolute atomic E-state index is 0.205. The average molecular weight is 292 g/mol. The van der Waals surface area contributed by atoms with Crippen LogP contribution < -0.4 is 0 Å². The Kier molecular flexibility index (Phi) is 5.59. The molecule has 2 rings (SSSR count). The number of phenols is 1. The lowest BCUT2D eigenvalue weighted by Gasteiger charge is -2.39. The van der Waals surface area contributed by atoms with Crippen molar-refractivity contribution in [2.24, 2.45) is 0 Å². The minimum Gasteiger partial charge on any atom is -0.508 e. The van der Waals surface area contributed by atoms with E-state index in [9.17, 15) is 9.90 Å². The number of rotatable bonds is 6. The fraction of sp³-hybridized carbons (Fsp3) is 0.562. The van der Waals surface area contributed by atoms with Crippen molar-refractivity contribution in [3.8, 4) is 5.75 Å². The molecule has 1 aliphatic rings. The Bertz CT molecular complexity index is 470. The van der Waals surface area contributed by atoms with Gasteiger partial charge in [0.1, 0.15) is 5.75 Å². The highest BCUT2D eigenvalue weighted by atomic mass is 16.4. The number of carboxylic acids is 1. The first kappa shape index (κ1) is 15.8. The minimum atomic E-state index is -0.738. The summed E-state index contributed by atoms with van der Waals surface area (Å²) in [7, 11) is 0. The topological polar surface area (TPSA) is 64.0 Å². The van der Waals surface area contributed by atoms with Crippen molar-refractivity contribution in [1.29, 1.82) is 0 Å². The van der Waals surface area contributed by atoms with Crippen molar-refractivity contribution in [3.05, 3.63) is 29.8 Å². The van der Waals surface area contributed by atoms with Crippen molar-refractivity contribution in [1.82, 2.24) is 9.80 Å². The van der Waals surface area contributed by atoms with Gasteiger partial charge >= 0.3 is 5.97 Å². The number of nitrogens with zero attached hydrogens (tertiary/aromatic N) is 2. The van der Waals surface area contributed by atoms with Crippen LogP contribution in [-0.2, 0) is 4.79 Å². The molecule has 21 heavy (non-hydrogen) atoms. The molecule has 0 bridgehead atoms. The van der Waals surface area contributed by atoms with Crippen molar-refractivity contribution >= 4 is 5.97 Å². The van der Waals surface area contributed by atoms with E-state index in [-0.39, 0.29) is 12.5 Å². The zero-order valence-corrected chi connectivity index (χ0v) is 12.5. The van der Waals surface area contributed by atoms with Crippen molar-refractivity contribution < 1.29 is 15.0 Å². The molecule has 0 saturated carbocycles. The summed E-state index contributed by atoms with van der Waals surface area (Å²) in [5, 5.41) is 18.8. The van der Waals surface area contributed by atoms with Gasteiger partial charge in [0.25, 0.3) is 0 Å². The van der Waals surface area contributed by atoms with Gasteiger partial charge in [0, 0.05) is 44.3 Å². The van der Waals surface area contributed by atoms with Crippen LogP contribution in [0.15, 0.2) is 24.3 Å². The van der Waals surface area contributed by atoms with E-state index in [4.69, 9.17) is 5.11 Å². The number of para-hydroxylation sites is 1. The summed E-state index contributed by atoms with van der Waals surface area (Å²) in [6, 6.07) is 7.75. The quantitative estimate of drug-likeness (QED) is 0.839. The van der Waals surface area contributed by atoms with Crippen LogP contribution in [-0.4, -0.2) is 58.7 Å². The summed E-state index contributed by atoms with van der Waals surface area (Å²) in [6.07, 6.45) is 1.16. The Morgan fingerprint density at radius 2 is 1.90 bits per heavy atom. The van der Waals surface area contributed by atoms with E-state index in [0.717, 1.165) is 38.2 Å². The molecule has 1 aromatic carbocycles. The Morgan fingerprint density at radius 3 is 2.48 bits per heavy atom. The molecule has 1 saturated heterocycles. The number of carboxylic acid groups (broad SMARTS) is 1. The lowest BCUT2D eigenvalue weighted by atomic mass is 10.0. The van der Waals surface area contributed by atoms with Gasteiger partial charge in [0.15, 0.2) is 0 Å². The zero-order chi connectivity index (χ0) is 15.2. The summed E-state index contributed by atoms with van der Waals surface area (Å²) >= 11 is 0. The van der Waals surface area contributed by atoms with Crippen LogP contribution in [0.3, 0.4) is 0 Å². The number of phenolic OH excluding ortho intramolecular Hbond substituents is 1. The molecular weight excluding hydrogens is 268 g/mol. The van der Waals surface area contributed by atoms with E-state index in [1.165, 1.54) is 0 Å². The third-order valence-electron chi connectivity index (χ3n) is 4.17. The molecule has 0 spiro atoms. The van der Waals surface area contributed by atoms with Gasteiger partial charge in [-0.2, -0.15) is 0 Å². The summed E-state index contributed by atoms with van der Waals surface area (Å²) < 4.78 is 0. The molecule has 1 unspecified atom stereocenters. The van der Waals surface area contributed by atoms with Gasteiger partial charge in [0.2, 0.25) is 0 Å². The fourth-order valence-electron chi connectivity index (χ4n) is 3.00.